The van der Waals surface area contributed by atoms with Crippen LogP contribution in [0.1, 0.15) is 5.56 Å². The molecule has 4 nitrogen and oxygen atoms in total. The Labute approximate surface area is 118 Å². The van der Waals surface area contributed by atoms with Crippen molar-refractivity contribution in [1.29, 1.82) is 0 Å². The topological polar surface area (TPSA) is 57.4 Å². The van der Waals surface area contributed by atoms with Crippen molar-refractivity contribution in [2.45, 2.75) is 6.61 Å². The van der Waals surface area contributed by atoms with Crippen molar-refractivity contribution >= 4 is 21.6 Å². The molecule has 1 aromatic heterocycles. The SMILES string of the molecule is COc1ncccc1COc1c(N)cc(F)cc1Br. The molecular formula is C13H12BrFN2O2. The summed E-state index contributed by atoms with van der Waals surface area (Å²) in [5.41, 5.74) is 6.72. The summed E-state index contributed by atoms with van der Waals surface area (Å²) in [6.07, 6.45) is 1.63. The Balaban J connectivity index is 2.19. The van der Waals surface area contributed by atoms with Gasteiger partial charge in [0.1, 0.15) is 12.4 Å². The van der Waals surface area contributed by atoms with Gasteiger partial charge in [0.2, 0.25) is 5.88 Å². The molecule has 19 heavy (non-hydrogen) atoms. The van der Waals surface area contributed by atoms with E-state index in [-0.39, 0.29) is 12.3 Å². The summed E-state index contributed by atoms with van der Waals surface area (Å²) in [6, 6.07) is 6.12. The molecule has 0 aliphatic carbocycles. The summed E-state index contributed by atoms with van der Waals surface area (Å²) in [5.74, 6) is 0.460. The smallest absolute Gasteiger partial charge is 0.219 e. The average Bonchev–Trinajstić information content (AvgIpc) is 2.38. The second kappa shape index (κ2) is 5.88. The Hall–Kier alpha value is -1.82. The highest BCUT2D eigenvalue weighted by molar-refractivity contribution is 9.10. The van der Waals surface area contributed by atoms with Gasteiger partial charge in [-0.1, -0.05) is 0 Å². The fraction of sp³-hybridized carbons (Fsp3) is 0.154. The Morgan fingerprint density at radius 3 is 2.89 bits per heavy atom. The minimum Gasteiger partial charge on any atom is -0.485 e. The van der Waals surface area contributed by atoms with Crippen LogP contribution in [0.25, 0.3) is 0 Å². The highest BCUT2D eigenvalue weighted by atomic mass is 79.9. The van der Waals surface area contributed by atoms with Crippen molar-refractivity contribution in [3.63, 3.8) is 0 Å². The highest BCUT2D eigenvalue weighted by Gasteiger charge is 2.10. The van der Waals surface area contributed by atoms with E-state index in [1.807, 2.05) is 6.07 Å². The molecule has 0 saturated heterocycles. The summed E-state index contributed by atoms with van der Waals surface area (Å²) in [7, 11) is 1.54. The molecule has 0 bridgehead atoms. The number of nitrogens with two attached hydrogens (primary N) is 1. The van der Waals surface area contributed by atoms with Gasteiger partial charge in [-0.2, -0.15) is 0 Å². The molecule has 2 N–H and O–H groups in total. The maximum atomic E-state index is 13.1. The number of anilines is 1. The molecule has 6 heteroatoms. The monoisotopic (exact) mass is 326 g/mol. The Morgan fingerprint density at radius 1 is 1.42 bits per heavy atom. The van der Waals surface area contributed by atoms with Crippen LogP contribution < -0.4 is 15.2 Å². The van der Waals surface area contributed by atoms with Gasteiger partial charge in [0.25, 0.3) is 0 Å². The van der Waals surface area contributed by atoms with Crippen LogP contribution in [0.3, 0.4) is 0 Å². The van der Waals surface area contributed by atoms with Crippen LogP contribution in [0.4, 0.5) is 10.1 Å². The zero-order valence-corrected chi connectivity index (χ0v) is 11.8. The van der Waals surface area contributed by atoms with Crippen molar-refractivity contribution in [1.82, 2.24) is 4.98 Å². The van der Waals surface area contributed by atoms with E-state index >= 15 is 0 Å². The number of nitrogens with zero attached hydrogens (tertiary/aromatic N) is 1. The largest absolute Gasteiger partial charge is 0.485 e. The lowest BCUT2D eigenvalue weighted by molar-refractivity contribution is 0.293. The average molecular weight is 327 g/mol. The first-order valence-corrected chi connectivity index (χ1v) is 6.26. The normalized spacial score (nSPS) is 10.3. The summed E-state index contributed by atoms with van der Waals surface area (Å²) in [6.45, 7) is 0.228. The minimum absolute atomic E-state index is 0.228. The minimum atomic E-state index is -0.421. The van der Waals surface area contributed by atoms with E-state index in [2.05, 4.69) is 20.9 Å². The van der Waals surface area contributed by atoms with Gasteiger partial charge < -0.3 is 15.2 Å². The van der Waals surface area contributed by atoms with Gasteiger partial charge >= 0.3 is 0 Å². The first-order chi connectivity index (χ1) is 9.11. The third-order valence-corrected chi connectivity index (χ3v) is 3.04. The molecule has 100 valence electrons. The maximum Gasteiger partial charge on any atom is 0.219 e. The van der Waals surface area contributed by atoms with Crippen LogP contribution in [-0.4, -0.2) is 12.1 Å². The maximum absolute atomic E-state index is 13.1. The number of aromatic nitrogens is 1. The predicted octanol–water partition coefficient (Wildman–Crippen LogP) is 3.15. The van der Waals surface area contributed by atoms with Gasteiger partial charge in [-0.25, -0.2) is 9.37 Å². The van der Waals surface area contributed by atoms with Gasteiger partial charge in [0.05, 0.1) is 22.8 Å². The van der Waals surface area contributed by atoms with Gasteiger partial charge in [-0.15, -0.1) is 0 Å². The van der Waals surface area contributed by atoms with Crippen LogP contribution in [0.15, 0.2) is 34.9 Å². The lowest BCUT2D eigenvalue weighted by Crippen LogP contribution is -2.03. The van der Waals surface area contributed by atoms with E-state index in [1.54, 1.807) is 12.3 Å². The Morgan fingerprint density at radius 2 is 2.21 bits per heavy atom. The number of rotatable bonds is 4. The fourth-order valence-corrected chi connectivity index (χ4v) is 2.16. The van der Waals surface area contributed by atoms with E-state index < -0.39 is 5.82 Å². The summed E-state index contributed by atoms with van der Waals surface area (Å²) >= 11 is 3.22. The number of hydrogen-bond acceptors (Lipinski definition) is 4. The van der Waals surface area contributed by atoms with Crippen LogP contribution >= 0.6 is 15.9 Å². The Bertz CT molecular complexity index is 570. The van der Waals surface area contributed by atoms with E-state index in [0.29, 0.717) is 16.1 Å². The zero-order chi connectivity index (χ0) is 13.8. The third-order valence-electron chi connectivity index (χ3n) is 2.45. The molecule has 0 saturated carbocycles. The summed E-state index contributed by atoms with van der Waals surface area (Å²) in [4.78, 5) is 4.06. The molecule has 2 rings (SSSR count). The van der Waals surface area contributed by atoms with Crippen molar-refractivity contribution in [2.24, 2.45) is 0 Å². The lowest BCUT2D eigenvalue weighted by Gasteiger charge is -2.12. The summed E-state index contributed by atoms with van der Waals surface area (Å²) < 4.78 is 24.3. The Kier molecular flexibility index (Phi) is 4.21. The number of methoxy groups -OCH3 is 1. The van der Waals surface area contributed by atoms with Crippen LogP contribution in [0.2, 0.25) is 0 Å². The molecule has 1 heterocycles. The molecule has 0 spiro atoms. The highest BCUT2D eigenvalue weighted by Crippen LogP contribution is 2.33. The number of benzene rings is 1. The molecule has 0 atom stereocenters. The second-order valence-electron chi connectivity index (χ2n) is 3.77. The zero-order valence-electron chi connectivity index (χ0n) is 10.2. The molecule has 1 aromatic carbocycles. The van der Waals surface area contributed by atoms with Crippen molar-refractivity contribution in [2.75, 3.05) is 12.8 Å². The number of pyridine rings is 1. The van der Waals surface area contributed by atoms with Crippen LogP contribution in [-0.2, 0) is 6.61 Å². The van der Waals surface area contributed by atoms with Crippen molar-refractivity contribution < 1.29 is 13.9 Å². The number of halogens is 2. The lowest BCUT2D eigenvalue weighted by atomic mass is 10.2. The van der Waals surface area contributed by atoms with E-state index in [1.165, 1.54) is 19.2 Å². The molecule has 0 unspecified atom stereocenters. The quantitative estimate of drug-likeness (QED) is 0.877. The molecule has 0 aliphatic heterocycles. The van der Waals surface area contributed by atoms with E-state index in [4.69, 9.17) is 15.2 Å². The third kappa shape index (κ3) is 3.14. The molecule has 0 radical (unpaired) electrons. The fourth-order valence-electron chi connectivity index (χ4n) is 1.60. The van der Waals surface area contributed by atoms with Crippen molar-refractivity contribution in [3.8, 4) is 11.6 Å². The van der Waals surface area contributed by atoms with E-state index in [0.717, 1.165) is 5.56 Å². The van der Waals surface area contributed by atoms with Crippen molar-refractivity contribution in [3.05, 3.63) is 46.3 Å². The molecule has 0 amide bonds. The molecule has 2 aromatic rings. The van der Waals surface area contributed by atoms with Gasteiger partial charge in [-0.3, -0.25) is 0 Å². The second-order valence-corrected chi connectivity index (χ2v) is 4.62. The first-order valence-electron chi connectivity index (χ1n) is 5.47. The number of nitrogen functional groups attached to an aromatic ring is 1. The molecule has 0 fully saturated rings. The molecule has 0 aliphatic rings. The van der Waals surface area contributed by atoms with E-state index in [9.17, 15) is 4.39 Å². The van der Waals surface area contributed by atoms with Gasteiger partial charge in [-0.05, 0) is 34.1 Å². The molecular weight excluding hydrogens is 315 g/mol. The van der Waals surface area contributed by atoms with Crippen LogP contribution in [0, 0.1) is 5.82 Å². The number of ether oxygens (including phenoxy) is 2. The van der Waals surface area contributed by atoms with Gasteiger partial charge in [0, 0.05) is 12.3 Å². The predicted molar refractivity (Wildman–Crippen MR) is 73.6 cm³/mol. The van der Waals surface area contributed by atoms with Crippen LogP contribution in [0.5, 0.6) is 11.6 Å². The number of hydrogen-bond donors (Lipinski definition) is 1. The summed E-state index contributed by atoms with van der Waals surface area (Å²) in [5, 5.41) is 0. The van der Waals surface area contributed by atoms with Gasteiger partial charge in [0.15, 0.2) is 5.75 Å². The first kappa shape index (κ1) is 13.6. The standard InChI is InChI=1S/C13H12BrFN2O2/c1-18-13-8(3-2-4-17-13)7-19-12-10(14)5-9(15)6-11(12)16/h2-6H,7,16H2,1H3.